The zero-order valence-corrected chi connectivity index (χ0v) is 7.75. The Balaban J connectivity index is 2.60. The Labute approximate surface area is 80.3 Å². The van der Waals surface area contributed by atoms with Gasteiger partial charge in [-0.1, -0.05) is 24.3 Å². The van der Waals surface area contributed by atoms with E-state index in [4.69, 9.17) is 0 Å². The van der Waals surface area contributed by atoms with Crippen LogP contribution in [0.1, 0.15) is 5.56 Å². The number of benzene rings is 1. The van der Waals surface area contributed by atoms with Gasteiger partial charge in [-0.2, -0.15) is 0 Å². The molecule has 0 saturated heterocycles. The highest BCUT2D eigenvalue weighted by Crippen LogP contribution is 2.25. The van der Waals surface area contributed by atoms with Crippen LogP contribution in [-0.4, -0.2) is 6.29 Å². The van der Waals surface area contributed by atoms with E-state index in [0.29, 0.717) is 0 Å². The molecule has 13 heavy (non-hydrogen) atoms. The van der Waals surface area contributed by atoms with E-state index in [9.17, 15) is 4.79 Å². The third-order valence-corrected chi connectivity index (χ3v) is 2.84. The quantitative estimate of drug-likeness (QED) is 0.522. The largest absolute Gasteiger partial charge is 0.299 e. The molecule has 1 nitrogen and oxygen atoms in total. The van der Waals surface area contributed by atoms with Crippen molar-refractivity contribution in [1.29, 1.82) is 0 Å². The van der Waals surface area contributed by atoms with Crippen molar-refractivity contribution in [2.45, 2.75) is 0 Å². The third kappa shape index (κ3) is 1.53. The number of thiophene rings is 1. The van der Waals surface area contributed by atoms with Crippen molar-refractivity contribution in [1.82, 2.24) is 0 Å². The minimum absolute atomic E-state index is 0.798. The first-order valence-electron chi connectivity index (χ1n) is 4.00. The number of carbonyl (C=O) groups excluding carboxylic acids is 1. The molecule has 0 amide bonds. The van der Waals surface area contributed by atoms with E-state index in [-0.39, 0.29) is 0 Å². The van der Waals surface area contributed by atoms with E-state index < -0.39 is 0 Å². The number of allylic oxidation sites excluding steroid dienone is 1. The standard InChI is InChI=1S/C11H8OS/c12-7-2-5-9-3-1-4-10-6-8-13-11(9)10/h1-8H. The van der Waals surface area contributed by atoms with E-state index in [1.54, 1.807) is 11.3 Å². The molecule has 2 rings (SSSR count). The lowest BCUT2D eigenvalue weighted by molar-refractivity contribution is -0.104. The summed E-state index contributed by atoms with van der Waals surface area (Å²) < 4.78 is 1.24. The molecule has 0 saturated carbocycles. The van der Waals surface area contributed by atoms with Gasteiger partial charge in [-0.3, -0.25) is 4.79 Å². The van der Waals surface area contributed by atoms with Crippen LogP contribution in [-0.2, 0) is 4.79 Å². The predicted octanol–water partition coefficient (Wildman–Crippen LogP) is 3.11. The zero-order valence-electron chi connectivity index (χ0n) is 6.94. The first-order chi connectivity index (χ1) is 6.42. The van der Waals surface area contributed by atoms with Crippen LogP contribution in [0.5, 0.6) is 0 Å². The molecule has 2 aromatic rings. The summed E-state index contributed by atoms with van der Waals surface area (Å²) in [7, 11) is 0. The van der Waals surface area contributed by atoms with E-state index in [1.807, 2.05) is 18.2 Å². The minimum atomic E-state index is 0.798. The van der Waals surface area contributed by atoms with E-state index in [1.165, 1.54) is 16.2 Å². The van der Waals surface area contributed by atoms with Crippen LogP contribution in [0.4, 0.5) is 0 Å². The highest BCUT2D eigenvalue weighted by molar-refractivity contribution is 7.17. The first-order valence-corrected chi connectivity index (χ1v) is 4.88. The Bertz CT molecular complexity index is 454. The lowest BCUT2D eigenvalue weighted by Crippen LogP contribution is -1.71. The summed E-state index contributed by atoms with van der Waals surface area (Å²) >= 11 is 1.70. The van der Waals surface area contributed by atoms with Gasteiger partial charge < -0.3 is 0 Å². The van der Waals surface area contributed by atoms with Gasteiger partial charge in [-0.15, -0.1) is 11.3 Å². The average Bonchev–Trinajstić information content (AvgIpc) is 2.62. The lowest BCUT2D eigenvalue weighted by Gasteiger charge is -1.94. The summed E-state index contributed by atoms with van der Waals surface area (Å²) in [5.74, 6) is 0. The number of rotatable bonds is 2. The molecule has 0 spiro atoms. The fraction of sp³-hybridized carbons (Fsp3) is 0. The highest BCUT2D eigenvalue weighted by atomic mass is 32.1. The fourth-order valence-corrected chi connectivity index (χ4v) is 2.19. The molecule has 1 aromatic carbocycles. The van der Waals surface area contributed by atoms with Crippen LogP contribution in [0, 0.1) is 0 Å². The molecule has 0 unspecified atom stereocenters. The summed E-state index contributed by atoms with van der Waals surface area (Å²) in [6.45, 7) is 0. The molecular formula is C11H8OS. The van der Waals surface area contributed by atoms with Crippen LogP contribution in [0.3, 0.4) is 0 Å². The summed E-state index contributed by atoms with van der Waals surface area (Å²) in [6.07, 6.45) is 4.16. The van der Waals surface area contributed by atoms with Gasteiger partial charge in [0.25, 0.3) is 0 Å². The Hall–Kier alpha value is -1.41. The molecule has 0 aliphatic rings. The SMILES string of the molecule is O=CC=Cc1cccc2ccsc12. The molecule has 0 fully saturated rings. The Kier molecular flexibility index (Phi) is 2.23. The van der Waals surface area contributed by atoms with Crippen molar-refractivity contribution in [3.63, 3.8) is 0 Å². The second kappa shape index (κ2) is 3.54. The minimum Gasteiger partial charge on any atom is -0.299 e. The van der Waals surface area contributed by atoms with Crippen LogP contribution in [0.2, 0.25) is 0 Å². The first kappa shape index (κ1) is 8.20. The van der Waals surface area contributed by atoms with Gasteiger partial charge in [0.15, 0.2) is 0 Å². The van der Waals surface area contributed by atoms with Crippen molar-refractivity contribution < 1.29 is 4.79 Å². The number of fused-ring (bicyclic) bond motifs is 1. The van der Waals surface area contributed by atoms with Gasteiger partial charge in [-0.05, 0) is 28.5 Å². The maximum atomic E-state index is 10.2. The van der Waals surface area contributed by atoms with Crippen molar-refractivity contribution >= 4 is 33.8 Å². The lowest BCUT2D eigenvalue weighted by atomic mass is 10.1. The van der Waals surface area contributed by atoms with Crippen molar-refractivity contribution in [3.8, 4) is 0 Å². The van der Waals surface area contributed by atoms with Crippen molar-refractivity contribution in [3.05, 3.63) is 41.3 Å². The van der Waals surface area contributed by atoms with E-state index >= 15 is 0 Å². The average molecular weight is 188 g/mol. The van der Waals surface area contributed by atoms with Crippen LogP contribution < -0.4 is 0 Å². The zero-order chi connectivity index (χ0) is 9.10. The predicted molar refractivity (Wildman–Crippen MR) is 56.9 cm³/mol. The van der Waals surface area contributed by atoms with Crippen LogP contribution in [0.15, 0.2) is 35.7 Å². The van der Waals surface area contributed by atoms with Crippen LogP contribution >= 0.6 is 11.3 Å². The molecule has 0 aliphatic heterocycles. The molecule has 0 N–H and O–H groups in total. The van der Waals surface area contributed by atoms with Gasteiger partial charge in [0.1, 0.15) is 6.29 Å². The maximum Gasteiger partial charge on any atom is 0.142 e. The fourth-order valence-electron chi connectivity index (χ4n) is 1.29. The van der Waals surface area contributed by atoms with Gasteiger partial charge in [0, 0.05) is 4.70 Å². The Morgan fingerprint density at radius 1 is 1.23 bits per heavy atom. The summed E-state index contributed by atoms with van der Waals surface area (Å²) in [5.41, 5.74) is 1.11. The number of aldehydes is 1. The molecule has 0 atom stereocenters. The number of carbonyl (C=O) groups is 1. The van der Waals surface area contributed by atoms with Crippen LogP contribution in [0.25, 0.3) is 16.2 Å². The van der Waals surface area contributed by atoms with Gasteiger partial charge in [0.2, 0.25) is 0 Å². The van der Waals surface area contributed by atoms with Gasteiger partial charge in [0.05, 0.1) is 0 Å². The summed E-state index contributed by atoms with van der Waals surface area (Å²) in [5, 5.41) is 3.29. The second-order valence-electron chi connectivity index (χ2n) is 2.68. The van der Waals surface area contributed by atoms with Gasteiger partial charge in [-0.25, -0.2) is 0 Å². The van der Waals surface area contributed by atoms with E-state index in [2.05, 4.69) is 17.5 Å². The number of hydrogen-bond donors (Lipinski definition) is 0. The van der Waals surface area contributed by atoms with Gasteiger partial charge >= 0.3 is 0 Å². The molecule has 2 heteroatoms. The molecule has 1 heterocycles. The van der Waals surface area contributed by atoms with Crippen molar-refractivity contribution in [2.24, 2.45) is 0 Å². The molecule has 0 bridgehead atoms. The third-order valence-electron chi connectivity index (χ3n) is 1.86. The topological polar surface area (TPSA) is 17.1 Å². The van der Waals surface area contributed by atoms with E-state index in [0.717, 1.165) is 11.8 Å². The molecule has 64 valence electrons. The Morgan fingerprint density at radius 3 is 3.00 bits per heavy atom. The summed E-state index contributed by atoms with van der Waals surface area (Å²) in [4.78, 5) is 10.2. The maximum absolute atomic E-state index is 10.2. The molecule has 0 radical (unpaired) electrons. The molecular weight excluding hydrogens is 180 g/mol. The van der Waals surface area contributed by atoms with Crippen molar-refractivity contribution in [2.75, 3.05) is 0 Å². The Morgan fingerprint density at radius 2 is 2.15 bits per heavy atom. The normalized spacial score (nSPS) is 11.1. The molecule has 0 aliphatic carbocycles. The second-order valence-corrected chi connectivity index (χ2v) is 3.60. The smallest absolute Gasteiger partial charge is 0.142 e. The highest BCUT2D eigenvalue weighted by Gasteiger charge is 1.97. The summed E-state index contributed by atoms with van der Waals surface area (Å²) in [6, 6.07) is 8.17. The number of hydrogen-bond acceptors (Lipinski definition) is 2. The molecule has 1 aromatic heterocycles. The monoisotopic (exact) mass is 188 g/mol.